The van der Waals surface area contributed by atoms with Crippen LogP contribution in [0.4, 0.5) is 5.69 Å². The first-order valence-electron chi connectivity index (χ1n) is 10.4. The number of amides is 1. The Bertz CT molecular complexity index is 657. The summed E-state index contributed by atoms with van der Waals surface area (Å²) in [7, 11) is 0. The van der Waals surface area contributed by atoms with Crippen molar-refractivity contribution in [1.82, 2.24) is 10.3 Å². The predicted molar refractivity (Wildman–Crippen MR) is 108 cm³/mol. The minimum absolute atomic E-state index is 0. The van der Waals surface area contributed by atoms with E-state index in [1.165, 1.54) is 69.4 Å². The Morgan fingerprint density at radius 2 is 2.04 bits per heavy atom. The van der Waals surface area contributed by atoms with Crippen molar-refractivity contribution in [2.24, 2.45) is 11.8 Å². The molecule has 4 heteroatoms. The summed E-state index contributed by atoms with van der Waals surface area (Å²) in [5.74, 6) is 1.83. The number of hydrazine groups is 1. The quantitative estimate of drug-likeness (QED) is 0.889. The van der Waals surface area contributed by atoms with Crippen LogP contribution in [0.15, 0.2) is 24.3 Å². The van der Waals surface area contributed by atoms with E-state index in [1.807, 2.05) is 0 Å². The second-order valence-electron chi connectivity index (χ2n) is 8.99. The molecule has 3 aliphatic rings. The van der Waals surface area contributed by atoms with E-state index >= 15 is 0 Å². The summed E-state index contributed by atoms with van der Waals surface area (Å²) >= 11 is 0. The fourth-order valence-electron chi connectivity index (χ4n) is 5.60. The molecule has 2 fully saturated rings. The van der Waals surface area contributed by atoms with E-state index in [1.54, 1.807) is 6.92 Å². The third-order valence-electron chi connectivity index (χ3n) is 6.89. The summed E-state index contributed by atoms with van der Waals surface area (Å²) in [4.78, 5) is 14.3. The SMILES string of the molecule is CC(=O)NN1CC2(CCN(C[C@@H]3CCC[C@@H](C)C3)CC2)c2ccccc21.[HH]. The van der Waals surface area contributed by atoms with E-state index < -0.39 is 0 Å². The van der Waals surface area contributed by atoms with Crippen LogP contribution in [0, 0.1) is 11.8 Å². The normalized spacial score (nSPS) is 28.2. The minimum Gasteiger partial charge on any atom is -0.303 e. The molecule has 2 atom stereocenters. The van der Waals surface area contributed by atoms with Crippen LogP contribution in [-0.2, 0) is 10.2 Å². The average molecular weight is 358 g/mol. The molecule has 4 rings (SSSR count). The van der Waals surface area contributed by atoms with Gasteiger partial charge in [-0.1, -0.05) is 38.0 Å². The molecule has 1 N–H and O–H groups in total. The Kier molecular flexibility index (Phi) is 4.96. The number of nitrogens with zero attached hydrogens (tertiary/aromatic N) is 2. The molecule has 1 amide bonds. The summed E-state index contributed by atoms with van der Waals surface area (Å²) in [5, 5.41) is 2.08. The lowest BCUT2D eigenvalue weighted by Gasteiger charge is -2.41. The molecule has 0 aromatic heterocycles. The number of nitrogens with one attached hydrogen (secondary N) is 1. The van der Waals surface area contributed by atoms with Crippen LogP contribution in [0.2, 0.25) is 0 Å². The van der Waals surface area contributed by atoms with Crippen LogP contribution in [0.1, 0.15) is 59.4 Å². The Labute approximate surface area is 159 Å². The molecule has 0 bridgehead atoms. The van der Waals surface area contributed by atoms with Crippen molar-refractivity contribution in [2.45, 2.75) is 57.8 Å². The maximum Gasteiger partial charge on any atom is 0.235 e. The molecule has 4 nitrogen and oxygen atoms in total. The standard InChI is InChI=1S/C22H33N3O.H2/c1-17-6-5-7-19(14-17)15-24-12-10-22(11-13-24)16-25(23-18(2)26)21-9-4-3-8-20(21)22;/h3-4,8-9,17,19H,5-7,10-16H2,1-2H3,(H,23,26);1H/t17-,19-;/m1./s1. The number of hydrogen-bond acceptors (Lipinski definition) is 3. The van der Waals surface area contributed by atoms with Crippen LogP contribution in [0.3, 0.4) is 0 Å². The van der Waals surface area contributed by atoms with Gasteiger partial charge in [0.25, 0.3) is 0 Å². The Hall–Kier alpha value is -1.55. The molecular weight excluding hydrogens is 322 g/mol. The lowest BCUT2D eigenvalue weighted by Crippen LogP contribution is -2.49. The van der Waals surface area contributed by atoms with Crippen LogP contribution >= 0.6 is 0 Å². The van der Waals surface area contributed by atoms with Crippen molar-refractivity contribution < 1.29 is 6.22 Å². The zero-order valence-corrected chi connectivity index (χ0v) is 16.3. The summed E-state index contributed by atoms with van der Waals surface area (Å²) in [6.45, 7) is 8.60. The molecule has 1 aromatic carbocycles. The fraction of sp³-hybridized carbons (Fsp3) is 0.682. The number of rotatable bonds is 3. The van der Waals surface area contributed by atoms with E-state index in [2.05, 4.69) is 46.5 Å². The van der Waals surface area contributed by atoms with Gasteiger partial charge in [-0.25, -0.2) is 0 Å². The highest BCUT2D eigenvalue weighted by molar-refractivity contribution is 5.77. The molecule has 0 radical (unpaired) electrons. The number of para-hydroxylation sites is 1. The topological polar surface area (TPSA) is 35.6 Å². The zero-order valence-electron chi connectivity index (χ0n) is 16.3. The second kappa shape index (κ2) is 7.22. The lowest BCUT2D eigenvalue weighted by molar-refractivity contribution is -0.119. The second-order valence-corrected chi connectivity index (χ2v) is 8.99. The van der Waals surface area contributed by atoms with Crippen molar-refractivity contribution in [3.8, 4) is 0 Å². The Morgan fingerprint density at radius 3 is 2.77 bits per heavy atom. The number of benzene rings is 1. The number of anilines is 1. The van der Waals surface area contributed by atoms with E-state index in [0.29, 0.717) is 0 Å². The number of likely N-dealkylation sites (tertiary alicyclic amines) is 1. The first-order valence-corrected chi connectivity index (χ1v) is 10.4. The van der Waals surface area contributed by atoms with Crippen molar-refractivity contribution in [3.63, 3.8) is 0 Å². The van der Waals surface area contributed by atoms with Gasteiger partial charge in [0.15, 0.2) is 0 Å². The van der Waals surface area contributed by atoms with Gasteiger partial charge in [-0.05, 0) is 62.2 Å². The molecule has 1 aromatic rings. The molecule has 26 heavy (non-hydrogen) atoms. The van der Waals surface area contributed by atoms with Crippen LogP contribution in [0.5, 0.6) is 0 Å². The van der Waals surface area contributed by atoms with Gasteiger partial charge in [-0.15, -0.1) is 0 Å². The number of fused-ring (bicyclic) bond motifs is 2. The third kappa shape index (κ3) is 3.48. The zero-order chi connectivity index (χ0) is 18.1. The molecule has 1 aliphatic carbocycles. The third-order valence-corrected chi connectivity index (χ3v) is 6.89. The van der Waals surface area contributed by atoms with Gasteiger partial charge in [-0.3, -0.25) is 15.2 Å². The molecule has 1 saturated heterocycles. The summed E-state index contributed by atoms with van der Waals surface area (Å²) < 4.78 is 0. The van der Waals surface area contributed by atoms with Gasteiger partial charge in [0.05, 0.1) is 5.69 Å². The van der Waals surface area contributed by atoms with E-state index in [0.717, 1.165) is 18.4 Å². The van der Waals surface area contributed by atoms with Crippen LogP contribution in [-0.4, -0.2) is 37.0 Å². The molecule has 2 heterocycles. The molecule has 2 aliphatic heterocycles. The highest BCUT2D eigenvalue weighted by atomic mass is 16.2. The largest absolute Gasteiger partial charge is 0.303 e. The first-order chi connectivity index (χ1) is 12.6. The van der Waals surface area contributed by atoms with Crippen molar-refractivity contribution in [1.29, 1.82) is 0 Å². The van der Waals surface area contributed by atoms with E-state index in [9.17, 15) is 4.79 Å². The molecule has 144 valence electrons. The van der Waals surface area contributed by atoms with Gasteiger partial charge < -0.3 is 4.90 Å². The number of hydrogen-bond donors (Lipinski definition) is 1. The molecular formula is C22H35N3O. The van der Waals surface area contributed by atoms with Crippen molar-refractivity contribution >= 4 is 11.6 Å². The van der Waals surface area contributed by atoms with Gasteiger partial charge >= 0.3 is 0 Å². The highest BCUT2D eigenvalue weighted by Crippen LogP contribution is 2.46. The number of carbonyl (C=O) groups is 1. The monoisotopic (exact) mass is 357 g/mol. The Morgan fingerprint density at radius 1 is 1.27 bits per heavy atom. The van der Waals surface area contributed by atoms with Gasteiger partial charge in [0.1, 0.15) is 0 Å². The molecule has 1 spiro atoms. The average Bonchev–Trinajstić information content (AvgIpc) is 2.91. The summed E-state index contributed by atoms with van der Waals surface area (Å²) in [6, 6.07) is 8.64. The lowest BCUT2D eigenvalue weighted by atomic mass is 9.74. The van der Waals surface area contributed by atoms with E-state index in [-0.39, 0.29) is 12.7 Å². The van der Waals surface area contributed by atoms with Crippen molar-refractivity contribution in [2.75, 3.05) is 31.2 Å². The maximum atomic E-state index is 11.6. The predicted octanol–water partition coefficient (Wildman–Crippen LogP) is 3.96. The number of carbonyl (C=O) groups excluding carboxylic acids is 1. The summed E-state index contributed by atoms with van der Waals surface area (Å²) in [6.07, 6.45) is 8.08. The van der Waals surface area contributed by atoms with Crippen molar-refractivity contribution in [3.05, 3.63) is 29.8 Å². The van der Waals surface area contributed by atoms with Gasteiger partial charge in [0, 0.05) is 26.9 Å². The number of piperidine rings is 1. The van der Waals surface area contributed by atoms with Gasteiger partial charge in [-0.2, -0.15) is 0 Å². The maximum absolute atomic E-state index is 11.6. The van der Waals surface area contributed by atoms with Gasteiger partial charge in [0.2, 0.25) is 5.91 Å². The molecule has 1 saturated carbocycles. The van der Waals surface area contributed by atoms with E-state index in [4.69, 9.17) is 0 Å². The summed E-state index contributed by atoms with van der Waals surface area (Å²) in [5.41, 5.74) is 5.86. The fourth-order valence-corrected chi connectivity index (χ4v) is 5.60. The highest BCUT2D eigenvalue weighted by Gasteiger charge is 2.45. The Balaban J connectivity index is 0.00000210. The minimum atomic E-state index is 0. The van der Waals surface area contributed by atoms with Crippen LogP contribution < -0.4 is 10.4 Å². The smallest absolute Gasteiger partial charge is 0.235 e. The molecule has 0 unspecified atom stereocenters. The first kappa shape index (κ1) is 17.8. The van der Waals surface area contributed by atoms with Crippen LogP contribution in [0.25, 0.3) is 0 Å².